The van der Waals surface area contributed by atoms with Crippen molar-refractivity contribution < 1.29 is 0 Å². The lowest BCUT2D eigenvalue weighted by molar-refractivity contribution is 0.476. The van der Waals surface area contributed by atoms with Crippen molar-refractivity contribution in [3.05, 3.63) is 60.1 Å². The van der Waals surface area contributed by atoms with Crippen LogP contribution in [0, 0.1) is 17.2 Å². The zero-order chi connectivity index (χ0) is 21.7. The second-order valence-corrected chi connectivity index (χ2v) is 8.82. The van der Waals surface area contributed by atoms with E-state index in [0.717, 1.165) is 30.1 Å². The van der Waals surface area contributed by atoms with Gasteiger partial charge in [-0.25, -0.2) is 0 Å². The molecule has 1 saturated carbocycles. The smallest absolute Gasteiger partial charge is 0.0641 e. The summed E-state index contributed by atoms with van der Waals surface area (Å²) in [6, 6.07) is 0. The van der Waals surface area contributed by atoms with Gasteiger partial charge in [0.05, 0.1) is 12.3 Å². The first kappa shape index (κ1) is 22.4. The number of nitrogens with one attached hydrogen (secondary N) is 1. The van der Waals surface area contributed by atoms with Crippen molar-refractivity contribution in [1.82, 2.24) is 9.58 Å². The van der Waals surface area contributed by atoms with Gasteiger partial charge in [-0.2, -0.15) is 17.7 Å². The van der Waals surface area contributed by atoms with Crippen LogP contribution in [0.4, 0.5) is 0 Å². The Kier molecular flexibility index (Phi) is 7.59. The van der Waals surface area contributed by atoms with E-state index in [4.69, 9.17) is 5.41 Å². The molecule has 160 valence electrons. The first-order valence-electron chi connectivity index (χ1n) is 10.8. The molecule has 1 aromatic rings. The lowest BCUT2D eigenvalue weighted by Gasteiger charge is -2.21. The summed E-state index contributed by atoms with van der Waals surface area (Å²) in [7, 11) is 1.93. The number of allylic oxidation sites excluding steroid dienone is 4. The summed E-state index contributed by atoms with van der Waals surface area (Å²) in [6.07, 6.45) is 17.1. The van der Waals surface area contributed by atoms with Crippen LogP contribution in [0.25, 0.3) is 11.6 Å². The molecule has 1 aromatic heterocycles. The van der Waals surface area contributed by atoms with Gasteiger partial charge in [-0.15, -0.1) is 0 Å². The van der Waals surface area contributed by atoms with Gasteiger partial charge in [-0.1, -0.05) is 19.2 Å². The van der Waals surface area contributed by atoms with Gasteiger partial charge in [0, 0.05) is 37.4 Å². The Morgan fingerprint density at radius 2 is 2.23 bits per heavy atom. The average molecular weight is 423 g/mol. The van der Waals surface area contributed by atoms with E-state index in [1.807, 2.05) is 7.05 Å². The third kappa shape index (κ3) is 4.89. The summed E-state index contributed by atoms with van der Waals surface area (Å²) in [4.78, 5) is 0. The van der Waals surface area contributed by atoms with Gasteiger partial charge in [-0.3, -0.25) is 5.01 Å². The third-order valence-corrected chi connectivity index (χ3v) is 6.65. The maximum atomic E-state index is 8.08. The van der Waals surface area contributed by atoms with Crippen LogP contribution in [0.2, 0.25) is 0 Å². The molecule has 0 radical (unpaired) electrons. The van der Waals surface area contributed by atoms with Crippen LogP contribution < -0.4 is 0 Å². The summed E-state index contributed by atoms with van der Waals surface area (Å²) in [5.41, 5.74) is 6.59. The topological polar surface area (TPSA) is 44.4 Å². The zero-order valence-electron chi connectivity index (χ0n) is 18.1. The molecule has 4 nitrogen and oxygen atoms in total. The van der Waals surface area contributed by atoms with Crippen molar-refractivity contribution >= 4 is 36.7 Å². The Morgan fingerprint density at radius 1 is 1.43 bits per heavy atom. The van der Waals surface area contributed by atoms with Crippen molar-refractivity contribution in [1.29, 1.82) is 5.41 Å². The molecule has 0 saturated heterocycles. The third-order valence-electron chi connectivity index (χ3n) is 6.39. The highest BCUT2D eigenvalue weighted by molar-refractivity contribution is 7.80. The monoisotopic (exact) mass is 422 g/mol. The summed E-state index contributed by atoms with van der Waals surface area (Å²) in [6.45, 7) is 12.5. The van der Waals surface area contributed by atoms with Gasteiger partial charge in [0.1, 0.15) is 0 Å². The molecule has 1 heterocycles. The first-order chi connectivity index (χ1) is 14.5. The molecule has 0 spiro atoms. The van der Waals surface area contributed by atoms with E-state index in [9.17, 15) is 0 Å². The summed E-state index contributed by atoms with van der Waals surface area (Å²) >= 11 is 4.44. The summed E-state index contributed by atoms with van der Waals surface area (Å²) in [5.74, 6) is 2.17. The maximum Gasteiger partial charge on any atom is 0.0641 e. The molecule has 2 aliphatic rings. The fourth-order valence-electron chi connectivity index (χ4n) is 4.76. The fourth-order valence-corrected chi connectivity index (χ4v) is 5.13. The Bertz CT molecular complexity index is 889. The highest BCUT2D eigenvalue weighted by Crippen LogP contribution is 2.43. The van der Waals surface area contributed by atoms with Crippen LogP contribution in [0.5, 0.6) is 0 Å². The minimum Gasteiger partial charge on any atom is -0.341 e. The maximum absolute atomic E-state index is 8.08. The van der Waals surface area contributed by atoms with E-state index in [-0.39, 0.29) is 0 Å². The van der Waals surface area contributed by atoms with Crippen LogP contribution in [-0.4, -0.2) is 34.8 Å². The minimum atomic E-state index is 0.483. The molecule has 3 rings (SSSR count). The Balaban J connectivity index is 1.97. The summed E-state index contributed by atoms with van der Waals surface area (Å²) in [5, 5.41) is 13.9. The van der Waals surface area contributed by atoms with Gasteiger partial charge < -0.3 is 9.98 Å². The molecule has 2 unspecified atom stereocenters. The molecule has 0 aromatic carbocycles. The number of nitrogens with zero attached hydrogens (tertiary/aromatic N) is 3. The number of hydrazone groups is 1. The molecular formula is C25H34N4S. The second kappa shape index (κ2) is 10.2. The van der Waals surface area contributed by atoms with E-state index < -0.39 is 0 Å². The molecule has 1 N–H and O–H groups in total. The fraction of sp³-hybridized carbons (Fsp3) is 0.440. The Labute approximate surface area is 186 Å². The van der Waals surface area contributed by atoms with Crippen LogP contribution in [-0.2, 0) is 13.0 Å². The van der Waals surface area contributed by atoms with Crippen molar-refractivity contribution in [3.63, 3.8) is 0 Å². The lowest BCUT2D eigenvalue weighted by atomic mass is 9.86. The number of hydrogen-bond donors (Lipinski definition) is 2. The Hall–Kier alpha value is -2.27. The highest BCUT2D eigenvalue weighted by Gasteiger charge is 2.30. The standard InChI is InChI=1S/C25H34N4S/c1-5-21(26)15-29-17-24(22-8-6-7-9-25(22)29)18(2)23(16-28(4)27-3)20-11-10-19(14-20)12-13-30/h5,7,9,16-17,19-20,26,30H,1-3,6,8,10-15H2,4H3/b23-16-,26-21?. The largest absolute Gasteiger partial charge is 0.341 e. The normalized spacial score (nSPS) is 20.7. The van der Waals surface area contributed by atoms with Gasteiger partial charge in [0.2, 0.25) is 0 Å². The first-order valence-corrected chi connectivity index (χ1v) is 11.4. The number of thiol groups is 1. The van der Waals surface area contributed by atoms with Gasteiger partial charge >= 0.3 is 0 Å². The number of rotatable bonds is 10. The molecule has 0 amide bonds. The van der Waals surface area contributed by atoms with E-state index in [2.05, 4.69) is 66.7 Å². The molecular weight excluding hydrogens is 388 g/mol. The van der Waals surface area contributed by atoms with Gasteiger partial charge in [0.25, 0.3) is 0 Å². The molecule has 30 heavy (non-hydrogen) atoms. The highest BCUT2D eigenvalue weighted by atomic mass is 32.1. The number of fused-ring (bicyclic) bond motifs is 1. The van der Waals surface area contributed by atoms with Crippen molar-refractivity contribution in [2.24, 2.45) is 16.9 Å². The molecule has 0 bridgehead atoms. The van der Waals surface area contributed by atoms with Crippen LogP contribution in [0.3, 0.4) is 0 Å². The molecule has 5 heteroatoms. The van der Waals surface area contributed by atoms with Crippen molar-refractivity contribution in [3.8, 4) is 0 Å². The predicted molar refractivity (Wildman–Crippen MR) is 133 cm³/mol. The van der Waals surface area contributed by atoms with E-state index in [1.54, 1.807) is 11.1 Å². The van der Waals surface area contributed by atoms with Crippen LogP contribution >= 0.6 is 12.6 Å². The second-order valence-electron chi connectivity index (χ2n) is 8.37. The molecule has 2 aliphatic carbocycles. The SMILES string of the molecule is C=CC(=N)Cn1cc(C(=C)/C(=C/N(C)N=C)C2CCC(CCS)C2)c2c1C=CCC2. The predicted octanol–water partition coefficient (Wildman–Crippen LogP) is 5.83. The Morgan fingerprint density at radius 3 is 2.93 bits per heavy atom. The lowest BCUT2D eigenvalue weighted by Crippen LogP contribution is -2.10. The van der Waals surface area contributed by atoms with E-state index in [0.29, 0.717) is 18.2 Å². The van der Waals surface area contributed by atoms with E-state index in [1.165, 1.54) is 48.1 Å². The van der Waals surface area contributed by atoms with Crippen LogP contribution in [0.1, 0.15) is 48.9 Å². The number of aromatic nitrogens is 1. The van der Waals surface area contributed by atoms with Crippen molar-refractivity contribution in [2.45, 2.75) is 45.1 Å². The van der Waals surface area contributed by atoms with Gasteiger partial charge in [-0.05, 0) is 85.0 Å². The average Bonchev–Trinajstić information content (AvgIpc) is 3.36. The molecule has 1 fully saturated rings. The van der Waals surface area contributed by atoms with Crippen LogP contribution in [0.15, 0.2) is 48.4 Å². The summed E-state index contributed by atoms with van der Waals surface area (Å²) < 4.78 is 2.17. The van der Waals surface area contributed by atoms with E-state index >= 15 is 0 Å². The number of hydrogen-bond acceptors (Lipinski definition) is 4. The quantitative estimate of drug-likeness (QED) is 0.212. The van der Waals surface area contributed by atoms with Gasteiger partial charge in [0.15, 0.2) is 0 Å². The van der Waals surface area contributed by atoms with Crippen molar-refractivity contribution in [2.75, 3.05) is 12.8 Å². The zero-order valence-corrected chi connectivity index (χ0v) is 19.0. The molecule has 0 aliphatic heterocycles. The minimum absolute atomic E-state index is 0.483. The molecule has 2 atom stereocenters.